The molecule has 2 saturated carbocycles. The molecule has 0 amide bonds. The van der Waals surface area contributed by atoms with Crippen molar-refractivity contribution in [3.8, 4) is 0 Å². The second kappa shape index (κ2) is 5.78. The average Bonchev–Trinajstić information content (AvgIpc) is 2.66. The molecule has 3 atom stereocenters. The van der Waals surface area contributed by atoms with E-state index >= 15 is 0 Å². The van der Waals surface area contributed by atoms with E-state index in [1.807, 2.05) is 0 Å². The first-order chi connectivity index (χ1) is 7.27. The molecule has 0 saturated heterocycles. The van der Waals surface area contributed by atoms with Crippen LogP contribution in [0.3, 0.4) is 0 Å². The van der Waals surface area contributed by atoms with E-state index in [1.165, 1.54) is 38.5 Å². The Kier molecular flexibility index (Phi) is 4.65. The monoisotopic (exact) mass is 293 g/mol. The standard InChI is InChI=1S/C11H20BrNOS/c12-10-7-4-8-11(10)13-15(14)9-5-2-1-3-6-9/h9-11,13H,1-8H2. The Bertz CT molecular complexity index is 231. The van der Waals surface area contributed by atoms with Crippen molar-refractivity contribution in [3.05, 3.63) is 0 Å². The van der Waals surface area contributed by atoms with Gasteiger partial charge in [0.25, 0.3) is 0 Å². The zero-order valence-electron chi connectivity index (χ0n) is 9.08. The van der Waals surface area contributed by atoms with E-state index in [2.05, 4.69) is 20.7 Å². The zero-order chi connectivity index (χ0) is 10.7. The molecule has 4 heteroatoms. The lowest BCUT2D eigenvalue weighted by molar-refractivity contribution is 0.497. The summed E-state index contributed by atoms with van der Waals surface area (Å²) in [5, 5.41) is 0.416. The van der Waals surface area contributed by atoms with Crippen molar-refractivity contribution >= 4 is 26.9 Å². The molecule has 2 fully saturated rings. The van der Waals surface area contributed by atoms with Crippen molar-refractivity contribution in [2.75, 3.05) is 0 Å². The van der Waals surface area contributed by atoms with Crippen LogP contribution >= 0.6 is 15.9 Å². The van der Waals surface area contributed by atoms with Crippen molar-refractivity contribution in [2.45, 2.75) is 67.5 Å². The molecule has 0 heterocycles. The molecule has 2 aliphatic carbocycles. The van der Waals surface area contributed by atoms with Gasteiger partial charge in [-0.3, -0.25) is 0 Å². The number of hydrogen-bond acceptors (Lipinski definition) is 1. The Morgan fingerprint density at radius 3 is 2.33 bits per heavy atom. The van der Waals surface area contributed by atoms with Gasteiger partial charge in [0, 0.05) is 16.1 Å². The van der Waals surface area contributed by atoms with Crippen LogP contribution in [0.2, 0.25) is 0 Å². The first kappa shape index (κ1) is 12.1. The van der Waals surface area contributed by atoms with Gasteiger partial charge in [0.2, 0.25) is 0 Å². The normalized spacial score (nSPS) is 35.5. The topological polar surface area (TPSA) is 29.1 Å². The highest BCUT2D eigenvalue weighted by atomic mass is 79.9. The molecule has 0 spiro atoms. The first-order valence-corrected chi connectivity index (χ1v) is 8.21. The molecule has 0 radical (unpaired) electrons. The van der Waals surface area contributed by atoms with Gasteiger partial charge in [-0.1, -0.05) is 41.6 Å². The van der Waals surface area contributed by atoms with E-state index in [0.717, 1.165) is 12.8 Å². The summed E-state index contributed by atoms with van der Waals surface area (Å²) in [7, 11) is -0.797. The third-order valence-corrected chi connectivity index (χ3v) is 6.26. The van der Waals surface area contributed by atoms with Gasteiger partial charge in [0.1, 0.15) is 0 Å². The van der Waals surface area contributed by atoms with E-state index < -0.39 is 11.0 Å². The third kappa shape index (κ3) is 3.27. The van der Waals surface area contributed by atoms with Crippen molar-refractivity contribution < 1.29 is 4.21 Å². The summed E-state index contributed by atoms with van der Waals surface area (Å²) in [6.45, 7) is 0. The highest BCUT2D eigenvalue weighted by Crippen LogP contribution is 2.27. The Morgan fingerprint density at radius 1 is 1.00 bits per heavy atom. The van der Waals surface area contributed by atoms with Gasteiger partial charge in [0.15, 0.2) is 0 Å². The summed E-state index contributed by atoms with van der Waals surface area (Å²) >= 11 is 3.66. The van der Waals surface area contributed by atoms with Gasteiger partial charge in [-0.15, -0.1) is 0 Å². The lowest BCUT2D eigenvalue weighted by Gasteiger charge is -2.24. The molecule has 0 aromatic heterocycles. The predicted octanol–water partition coefficient (Wildman–Crippen LogP) is 2.89. The molecule has 88 valence electrons. The Labute approximate surface area is 103 Å². The fourth-order valence-corrected chi connectivity index (χ4v) is 5.00. The molecule has 2 aliphatic rings. The highest BCUT2D eigenvalue weighted by Gasteiger charge is 2.28. The van der Waals surface area contributed by atoms with Gasteiger partial charge < -0.3 is 0 Å². The Balaban J connectivity index is 1.80. The van der Waals surface area contributed by atoms with Gasteiger partial charge >= 0.3 is 0 Å². The first-order valence-electron chi connectivity index (χ1n) is 6.08. The van der Waals surface area contributed by atoms with Crippen LogP contribution in [0.5, 0.6) is 0 Å². The van der Waals surface area contributed by atoms with Crippen LogP contribution in [-0.2, 0) is 11.0 Å². The van der Waals surface area contributed by atoms with E-state index in [4.69, 9.17) is 0 Å². The second-order valence-corrected chi connectivity index (χ2v) is 7.40. The van der Waals surface area contributed by atoms with Gasteiger partial charge in [-0.2, -0.15) is 0 Å². The van der Waals surface area contributed by atoms with Crippen molar-refractivity contribution in [3.63, 3.8) is 0 Å². The van der Waals surface area contributed by atoms with Crippen LogP contribution < -0.4 is 4.72 Å². The fourth-order valence-electron chi connectivity index (χ4n) is 2.57. The highest BCUT2D eigenvalue weighted by molar-refractivity contribution is 9.09. The molecule has 0 aromatic carbocycles. The van der Waals surface area contributed by atoms with Crippen molar-refractivity contribution in [1.29, 1.82) is 0 Å². The minimum Gasteiger partial charge on any atom is -0.243 e. The summed E-state index contributed by atoms with van der Waals surface area (Å²) in [4.78, 5) is 0.532. The minimum atomic E-state index is -0.797. The number of rotatable bonds is 3. The summed E-state index contributed by atoms with van der Waals surface area (Å²) in [5.74, 6) is 0. The second-order valence-electron chi connectivity index (χ2n) is 4.73. The molecule has 1 N–H and O–H groups in total. The minimum absolute atomic E-state index is 0.416. The maximum absolute atomic E-state index is 12.1. The average molecular weight is 294 g/mol. The summed E-state index contributed by atoms with van der Waals surface area (Å²) in [6.07, 6.45) is 9.82. The van der Waals surface area contributed by atoms with Crippen LogP contribution in [0.25, 0.3) is 0 Å². The van der Waals surface area contributed by atoms with Crippen LogP contribution in [-0.4, -0.2) is 20.3 Å². The lowest BCUT2D eigenvalue weighted by Crippen LogP contribution is -2.39. The molecule has 2 rings (SSSR count). The maximum atomic E-state index is 12.1. The van der Waals surface area contributed by atoms with E-state index in [-0.39, 0.29) is 0 Å². The molecular weight excluding hydrogens is 274 g/mol. The molecule has 15 heavy (non-hydrogen) atoms. The van der Waals surface area contributed by atoms with E-state index in [1.54, 1.807) is 0 Å². The summed E-state index contributed by atoms with van der Waals surface area (Å²) in [5.41, 5.74) is 0. The number of halogens is 1. The van der Waals surface area contributed by atoms with Crippen LogP contribution in [0.4, 0.5) is 0 Å². The molecule has 0 bridgehead atoms. The van der Waals surface area contributed by atoms with Crippen LogP contribution in [0.15, 0.2) is 0 Å². The SMILES string of the molecule is O=S(NC1CCCC1Br)C1CCCCC1. The number of hydrogen-bond donors (Lipinski definition) is 1. The summed E-state index contributed by atoms with van der Waals surface area (Å²) in [6, 6.07) is 0.438. The smallest absolute Gasteiger partial charge is 0.0949 e. The molecule has 2 nitrogen and oxygen atoms in total. The lowest BCUT2D eigenvalue weighted by atomic mass is 10.0. The molecule has 0 aromatic rings. The maximum Gasteiger partial charge on any atom is 0.0949 e. The van der Waals surface area contributed by atoms with Gasteiger partial charge in [-0.25, -0.2) is 8.93 Å². The summed E-state index contributed by atoms with van der Waals surface area (Å²) < 4.78 is 15.4. The van der Waals surface area contributed by atoms with Gasteiger partial charge in [-0.05, 0) is 25.7 Å². The zero-order valence-corrected chi connectivity index (χ0v) is 11.5. The van der Waals surface area contributed by atoms with Crippen LogP contribution in [0, 0.1) is 0 Å². The molecular formula is C11H20BrNOS. The number of alkyl halides is 1. The predicted molar refractivity (Wildman–Crippen MR) is 68.5 cm³/mol. The number of nitrogens with one attached hydrogen (secondary N) is 1. The Hall–Kier alpha value is 0.590. The molecule has 3 unspecified atom stereocenters. The fraction of sp³-hybridized carbons (Fsp3) is 1.00. The Morgan fingerprint density at radius 2 is 1.73 bits per heavy atom. The van der Waals surface area contributed by atoms with Crippen molar-refractivity contribution in [2.24, 2.45) is 0 Å². The van der Waals surface area contributed by atoms with Gasteiger partial charge in [0.05, 0.1) is 11.0 Å². The van der Waals surface area contributed by atoms with Crippen LogP contribution in [0.1, 0.15) is 51.4 Å². The third-order valence-electron chi connectivity index (χ3n) is 3.55. The van der Waals surface area contributed by atoms with E-state index in [0.29, 0.717) is 16.1 Å². The van der Waals surface area contributed by atoms with E-state index in [9.17, 15) is 4.21 Å². The molecule has 0 aliphatic heterocycles. The quantitative estimate of drug-likeness (QED) is 0.797. The largest absolute Gasteiger partial charge is 0.243 e. The van der Waals surface area contributed by atoms with Crippen molar-refractivity contribution in [1.82, 2.24) is 4.72 Å².